The zero-order valence-electron chi connectivity index (χ0n) is 11.2. The zero-order valence-corrected chi connectivity index (χ0v) is 12.8. The predicted molar refractivity (Wildman–Crippen MR) is 82.2 cm³/mol. The Kier molecular flexibility index (Phi) is 5.12. The summed E-state index contributed by atoms with van der Waals surface area (Å²) in [5.41, 5.74) is 0.347. The van der Waals surface area contributed by atoms with Crippen LogP contribution in [0.4, 0.5) is 19.3 Å². The summed E-state index contributed by atoms with van der Waals surface area (Å²) in [5.74, 6) is 0.264. The number of ether oxygens (including phenoxy) is 1. The first-order chi connectivity index (χ1) is 10.5. The minimum Gasteiger partial charge on any atom is -0.444 e. The van der Waals surface area contributed by atoms with E-state index in [1.807, 2.05) is 6.07 Å². The van der Waals surface area contributed by atoms with Gasteiger partial charge in [-0.25, -0.2) is 13.6 Å². The average molecular weight is 366 g/mol. The molecule has 0 saturated carbocycles. The zero-order chi connectivity index (χ0) is 16.1. The van der Waals surface area contributed by atoms with Gasteiger partial charge in [0.15, 0.2) is 5.82 Å². The molecule has 0 aliphatic rings. The number of carbonyl (C=O) groups is 1. The van der Waals surface area contributed by atoms with Crippen molar-refractivity contribution in [1.29, 1.82) is 0 Å². The van der Waals surface area contributed by atoms with Gasteiger partial charge >= 0.3 is 6.09 Å². The summed E-state index contributed by atoms with van der Waals surface area (Å²) in [6, 6.07) is 9.91. The minimum atomic E-state index is -0.996. The Morgan fingerprint density at radius 3 is 2.64 bits per heavy atom. The second kappa shape index (κ2) is 7.05. The van der Waals surface area contributed by atoms with Crippen LogP contribution in [0, 0.1) is 24.0 Å². The van der Waals surface area contributed by atoms with E-state index in [0.717, 1.165) is 11.6 Å². The summed E-state index contributed by atoms with van der Waals surface area (Å²) < 4.78 is 31.9. The molecule has 0 saturated heterocycles. The Balaban J connectivity index is 2.12. The summed E-state index contributed by atoms with van der Waals surface area (Å²) >= 11 is 2.75. The smallest absolute Gasteiger partial charge is 0.412 e. The molecule has 1 amide bonds. The molecule has 0 aliphatic carbocycles. The largest absolute Gasteiger partial charge is 0.444 e. The standard InChI is InChI=1S/C16H10BrF2NO2/c1-2-11-8-12(18)13(17)14(19)15(11)20-16(21)22-9-10-6-4-3-5-7-10/h1,3-8H,9H2,(H,20,21). The molecule has 2 aromatic carbocycles. The molecule has 0 aromatic heterocycles. The van der Waals surface area contributed by atoms with Crippen LogP contribution in [-0.4, -0.2) is 6.09 Å². The molecule has 0 bridgehead atoms. The summed E-state index contributed by atoms with van der Waals surface area (Å²) in [6.45, 7) is 0.0159. The van der Waals surface area contributed by atoms with E-state index in [0.29, 0.717) is 0 Å². The predicted octanol–water partition coefficient (Wildman–Crippen LogP) is 4.46. The molecule has 6 heteroatoms. The van der Waals surface area contributed by atoms with Gasteiger partial charge in [-0.3, -0.25) is 5.32 Å². The van der Waals surface area contributed by atoms with Crippen LogP contribution in [0.25, 0.3) is 0 Å². The summed E-state index contributed by atoms with van der Waals surface area (Å²) in [7, 11) is 0. The van der Waals surface area contributed by atoms with E-state index in [-0.39, 0.29) is 17.9 Å². The van der Waals surface area contributed by atoms with Gasteiger partial charge in [0.25, 0.3) is 0 Å². The van der Waals surface area contributed by atoms with Gasteiger partial charge in [0.2, 0.25) is 0 Å². The highest BCUT2D eigenvalue weighted by Crippen LogP contribution is 2.29. The minimum absolute atomic E-state index is 0.0159. The van der Waals surface area contributed by atoms with Crippen molar-refractivity contribution in [2.75, 3.05) is 5.32 Å². The van der Waals surface area contributed by atoms with Crippen LogP contribution in [-0.2, 0) is 11.3 Å². The fourth-order valence-electron chi connectivity index (χ4n) is 1.69. The van der Waals surface area contributed by atoms with Crippen LogP contribution in [0.5, 0.6) is 0 Å². The lowest BCUT2D eigenvalue weighted by molar-refractivity contribution is 0.155. The van der Waals surface area contributed by atoms with Gasteiger partial charge in [-0.15, -0.1) is 6.42 Å². The van der Waals surface area contributed by atoms with Crippen LogP contribution in [0.3, 0.4) is 0 Å². The molecule has 0 heterocycles. The first kappa shape index (κ1) is 16.0. The normalized spacial score (nSPS) is 9.91. The van der Waals surface area contributed by atoms with Gasteiger partial charge in [0.05, 0.1) is 15.7 Å². The first-order valence-corrected chi connectivity index (χ1v) is 6.94. The third kappa shape index (κ3) is 3.62. The molecule has 0 spiro atoms. The number of terminal acetylenes is 1. The number of hydrogen-bond acceptors (Lipinski definition) is 2. The lowest BCUT2D eigenvalue weighted by atomic mass is 10.1. The molecule has 112 valence electrons. The van der Waals surface area contributed by atoms with Gasteiger partial charge in [0.1, 0.15) is 12.4 Å². The number of nitrogens with one attached hydrogen (secondary N) is 1. The molecule has 0 aliphatic heterocycles. The summed E-state index contributed by atoms with van der Waals surface area (Å²) in [5, 5.41) is 2.19. The van der Waals surface area contributed by atoms with Crippen molar-refractivity contribution >= 4 is 27.7 Å². The van der Waals surface area contributed by atoms with Crippen LogP contribution in [0.1, 0.15) is 11.1 Å². The number of carbonyl (C=O) groups excluding carboxylic acids is 1. The highest BCUT2D eigenvalue weighted by Gasteiger charge is 2.18. The van der Waals surface area contributed by atoms with Crippen molar-refractivity contribution in [2.45, 2.75) is 6.61 Å². The van der Waals surface area contributed by atoms with Crippen molar-refractivity contribution in [2.24, 2.45) is 0 Å². The maximum Gasteiger partial charge on any atom is 0.412 e. The van der Waals surface area contributed by atoms with Gasteiger partial charge < -0.3 is 4.74 Å². The van der Waals surface area contributed by atoms with Crippen LogP contribution in [0.15, 0.2) is 40.9 Å². The summed E-state index contributed by atoms with van der Waals surface area (Å²) in [6.07, 6.45) is 4.30. The lowest BCUT2D eigenvalue weighted by Crippen LogP contribution is -2.16. The quantitative estimate of drug-likeness (QED) is 0.644. The molecule has 2 aromatic rings. The van der Waals surface area contributed by atoms with E-state index in [2.05, 4.69) is 27.2 Å². The molecule has 3 nitrogen and oxygen atoms in total. The lowest BCUT2D eigenvalue weighted by Gasteiger charge is -2.11. The highest BCUT2D eigenvalue weighted by molar-refractivity contribution is 9.10. The number of anilines is 1. The third-order valence-electron chi connectivity index (χ3n) is 2.76. The fourth-order valence-corrected chi connectivity index (χ4v) is 2.01. The number of rotatable bonds is 3. The maximum atomic E-state index is 14.0. The van der Waals surface area contributed by atoms with E-state index >= 15 is 0 Å². The molecule has 0 fully saturated rings. The Hall–Kier alpha value is -2.39. The van der Waals surface area contributed by atoms with Gasteiger partial charge in [-0.05, 0) is 27.6 Å². The van der Waals surface area contributed by atoms with E-state index in [9.17, 15) is 13.6 Å². The molecule has 22 heavy (non-hydrogen) atoms. The Labute approximate surface area is 134 Å². The molecular weight excluding hydrogens is 356 g/mol. The van der Waals surface area contributed by atoms with Crippen LogP contribution < -0.4 is 5.32 Å². The van der Waals surface area contributed by atoms with E-state index in [4.69, 9.17) is 11.2 Å². The van der Waals surface area contributed by atoms with E-state index in [1.165, 1.54) is 0 Å². The third-order valence-corrected chi connectivity index (χ3v) is 3.48. The summed E-state index contributed by atoms with van der Waals surface area (Å²) in [4.78, 5) is 11.7. The molecule has 2 rings (SSSR count). The fraction of sp³-hybridized carbons (Fsp3) is 0.0625. The molecular formula is C16H10BrF2NO2. The van der Waals surface area contributed by atoms with Gasteiger partial charge in [-0.1, -0.05) is 36.3 Å². The monoisotopic (exact) mass is 365 g/mol. The van der Waals surface area contributed by atoms with Crippen LogP contribution in [0.2, 0.25) is 0 Å². The molecule has 0 unspecified atom stereocenters. The molecule has 0 atom stereocenters. The van der Waals surface area contributed by atoms with Gasteiger partial charge in [0, 0.05) is 0 Å². The Morgan fingerprint density at radius 1 is 1.32 bits per heavy atom. The number of hydrogen-bond donors (Lipinski definition) is 1. The topological polar surface area (TPSA) is 38.3 Å². The van der Waals surface area contributed by atoms with Crippen LogP contribution >= 0.6 is 15.9 Å². The van der Waals surface area contributed by atoms with Crippen molar-refractivity contribution in [3.05, 3.63) is 63.6 Å². The van der Waals surface area contributed by atoms with Crippen molar-refractivity contribution < 1.29 is 18.3 Å². The average Bonchev–Trinajstić information content (AvgIpc) is 2.54. The Bertz CT molecular complexity index is 742. The number of amides is 1. The van der Waals surface area contributed by atoms with Gasteiger partial charge in [-0.2, -0.15) is 0 Å². The molecule has 0 radical (unpaired) electrons. The van der Waals surface area contributed by atoms with E-state index in [1.54, 1.807) is 24.3 Å². The first-order valence-electron chi connectivity index (χ1n) is 6.14. The van der Waals surface area contributed by atoms with Crippen molar-refractivity contribution in [3.8, 4) is 12.3 Å². The highest BCUT2D eigenvalue weighted by atomic mass is 79.9. The maximum absolute atomic E-state index is 14.0. The van der Waals surface area contributed by atoms with E-state index < -0.39 is 22.2 Å². The SMILES string of the molecule is C#Cc1cc(F)c(Br)c(F)c1NC(=O)OCc1ccccc1. The van der Waals surface area contributed by atoms with Crippen molar-refractivity contribution in [1.82, 2.24) is 0 Å². The van der Waals surface area contributed by atoms with Crippen molar-refractivity contribution in [3.63, 3.8) is 0 Å². The second-order valence-corrected chi connectivity index (χ2v) is 5.03. The number of benzene rings is 2. The molecule has 1 N–H and O–H groups in total. The Morgan fingerprint density at radius 2 is 2.00 bits per heavy atom. The number of halogens is 3. The second-order valence-electron chi connectivity index (χ2n) is 4.24.